The third-order valence-corrected chi connectivity index (χ3v) is 6.70. The van der Waals surface area contributed by atoms with Crippen molar-refractivity contribution in [3.05, 3.63) is 60.3 Å². The van der Waals surface area contributed by atoms with E-state index in [1.807, 2.05) is 24.3 Å². The SMILES string of the molecule is CCN(CCc1cccc2[nH]cc(S(=O)(=O)c3ccccc3)c12)C(C)C. The van der Waals surface area contributed by atoms with E-state index in [-0.39, 0.29) is 0 Å². The van der Waals surface area contributed by atoms with Crippen molar-refractivity contribution in [1.29, 1.82) is 0 Å². The maximum atomic E-state index is 13.1. The van der Waals surface area contributed by atoms with E-state index in [0.29, 0.717) is 15.8 Å². The molecular weight excluding hydrogens is 344 g/mol. The number of benzene rings is 2. The van der Waals surface area contributed by atoms with Crippen molar-refractivity contribution in [2.45, 2.75) is 43.0 Å². The van der Waals surface area contributed by atoms with E-state index in [4.69, 9.17) is 0 Å². The molecule has 1 heterocycles. The quantitative estimate of drug-likeness (QED) is 0.675. The predicted molar refractivity (Wildman–Crippen MR) is 106 cm³/mol. The summed E-state index contributed by atoms with van der Waals surface area (Å²) in [6.45, 7) is 8.42. The lowest BCUT2D eigenvalue weighted by Gasteiger charge is -2.24. The fourth-order valence-electron chi connectivity index (χ4n) is 3.42. The number of rotatable bonds is 7. The average Bonchev–Trinajstić information content (AvgIpc) is 3.08. The van der Waals surface area contributed by atoms with Gasteiger partial charge in [0.25, 0.3) is 0 Å². The molecule has 0 atom stereocenters. The lowest BCUT2D eigenvalue weighted by molar-refractivity contribution is 0.237. The molecule has 0 aliphatic heterocycles. The standard InChI is InChI=1S/C21H26N2O2S/c1-4-23(16(2)3)14-13-17-9-8-12-19-21(17)20(15-22-19)26(24,25)18-10-6-5-7-11-18/h5-12,15-16,22H,4,13-14H2,1-3H3. The van der Waals surface area contributed by atoms with Gasteiger partial charge in [-0.2, -0.15) is 0 Å². The molecule has 0 aliphatic carbocycles. The van der Waals surface area contributed by atoms with E-state index in [9.17, 15) is 8.42 Å². The highest BCUT2D eigenvalue weighted by atomic mass is 32.2. The van der Waals surface area contributed by atoms with Crippen LogP contribution in [-0.2, 0) is 16.3 Å². The number of nitrogens with one attached hydrogen (secondary N) is 1. The number of hydrogen-bond acceptors (Lipinski definition) is 3. The number of sulfone groups is 1. The van der Waals surface area contributed by atoms with Crippen molar-refractivity contribution in [3.63, 3.8) is 0 Å². The van der Waals surface area contributed by atoms with Crippen molar-refractivity contribution >= 4 is 20.7 Å². The second-order valence-electron chi connectivity index (χ2n) is 6.78. The Hall–Kier alpha value is -2.11. The highest BCUT2D eigenvalue weighted by Gasteiger charge is 2.23. The molecule has 138 valence electrons. The molecule has 0 fully saturated rings. The predicted octanol–water partition coefficient (Wildman–Crippen LogP) is 4.27. The fraction of sp³-hybridized carbons (Fsp3) is 0.333. The maximum absolute atomic E-state index is 13.1. The molecule has 3 rings (SSSR count). The van der Waals surface area contributed by atoms with Gasteiger partial charge in [-0.05, 0) is 50.6 Å². The number of hydrogen-bond donors (Lipinski definition) is 1. The minimum Gasteiger partial charge on any atom is -0.360 e. The first-order chi connectivity index (χ1) is 12.4. The minimum atomic E-state index is -3.55. The molecular formula is C21H26N2O2S. The number of fused-ring (bicyclic) bond motifs is 1. The van der Waals surface area contributed by atoms with E-state index < -0.39 is 9.84 Å². The molecule has 5 heteroatoms. The first-order valence-electron chi connectivity index (χ1n) is 9.08. The normalized spacial score (nSPS) is 12.3. The van der Waals surface area contributed by atoms with Gasteiger partial charge in [-0.1, -0.05) is 37.3 Å². The Labute approximate surface area is 155 Å². The summed E-state index contributed by atoms with van der Waals surface area (Å²) in [5, 5.41) is 0.816. The lowest BCUT2D eigenvalue weighted by Crippen LogP contribution is -2.32. The van der Waals surface area contributed by atoms with Crippen LogP contribution in [0.4, 0.5) is 0 Å². The minimum absolute atomic E-state index is 0.327. The smallest absolute Gasteiger partial charge is 0.208 e. The van der Waals surface area contributed by atoms with Crippen LogP contribution < -0.4 is 0 Å². The van der Waals surface area contributed by atoms with Crippen LogP contribution in [0.25, 0.3) is 10.9 Å². The number of nitrogens with zero attached hydrogens (tertiary/aromatic N) is 1. The van der Waals surface area contributed by atoms with Crippen molar-refractivity contribution < 1.29 is 8.42 Å². The Morgan fingerprint density at radius 3 is 2.42 bits per heavy atom. The van der Waals surface area contributed by atoms with Gasteiger partial charge in [-0.25, -0.2) is 8.42 Å². The monoisotopic (exact) mass is 370 g/mol. The van der Waals surface area contributed by atoms with Gasteiger partial charge in [0.15, 0.2) is 0 Å². The number of aromatic nitrogens is 1. The Morgan fingerprint density at radius 1 is 1.04 bits per heavy atom. The summed E-state index contributed by atoms with van der Waals surface area (Å²) in [5.41, 5.74) is 1.93. The van der Waals surface area contributed by atoms with Crippen LogP contribution in [0.2, 0.25) is 0 Å². The van der Waals surface area contributed by atoms with E-state index in [2.05, 4.69) is 30.7 Å². The molecule has 4 nitrogen and oxygen atoms in total. The molecule has 0 saturated heterocycles. The zero-order valence-electron chi connectivity index (χ0n) is 15.6. The molecule has 0 spiro atoms. The van der Waals surface area contributed by atoms with Crippen molar-refractivity contribution in [2.24, 2.45) is 0 Å². The summed E-state index contributed by atoms with van der Waals surface area (Å²) in [6, 6.07) is 15.1. The van der Waals surface area contributed by atoms with E-state index >= 15 is 0 Å². The van der Waals surface area contributed by atoms with Crippen molar-refractivity contribution in [2.75, 3.05) is 13.1 Å². The van der Waals surface area contributed by atoms with Gasteiger partial charge < -0.3 is 9.88 Å². The fourth-order valence-corrected chi connectivity index (χ4v) is 4.91. The van der Waals surface area contributed by atoms with Crippen LogP contribution in [0, 0.1) is 0 Å². The second-order valence-corrected chi connectivity index (χ2v) is 8.70. The summed E-state index contributed by atoms with van der Waals surface area (Å²) in [4.78, 5) is 6.21. The maximum Gasteiger partial charge on any atom is 0.208 e. The van der Waals surface area contributed by atoms with Crippen LogP contribution in [0.15, 0.2) is 64.5 Å². The summed E-state index contributed by atoms with van der Waals surface area (Å²) < 4.78 is 26.3. The van der Waals surface area contributed by atoms with E-state index in [1.54, 1.807) is 30.5 Å². The molecule has 3 aromatic rings. The van der Waals surface area contributed by atoms with Gasteiger partial charge in [0.1, 0.15) is 0 Å². The van der Waals surface area contributed by atoms with Gasteiger partial charge in [-0.3, -0.25) is 0 Å². The van der Waals surface area contributed by atoms with Crippen LogP contribution in [0.1, 0.15) is 26.3 Å². The largest absolute Gasteiger partial charge is 0.360 e. The summed E-state index contributed by atoms with van der Waals surface area (Å²) >= 11 is 0. The highest BCUT2D eigenvalue weighted by molar-refractivity contribution is 7.91. The molecule has 0 radical (unpaired) electrons. The van der Waals surface area contributed by atoms with Crippen LogP contribution in [0.3, 0.4) is 0 Å². The average molecular weight is 371 g/mol. The molecule has 0 bridgehead atoms. The topological polar surface area (TPSA) is 53.2 Å². The van der Waals surface area contributed by atoms with Gasteiger partial charge >= 0.3 is 0 Å². The second kappa shape index (κ2) is 7.64. The third kappa shape index (κ3) is 3.55. The first kappa shape index (κ1) is 18.7. The zero-order valence-corrected chi connectivity index (χ0v) is 16.4. The molecule has 26 heavy (non-hydrogen) atoms. The zero-order chi connectivity index (χ0) is 18.7. The summed E-state index contributed by atoms with van der Waals surface area (Å²) in [7, 11) is -3.55. The van der Waals surface area contributed by atoms with E-state index in [1.165, 1.54) is 0 Å². The highest BCUT2D eigenvalue weighted by Crippen LogP contribution is 2.31. The van der Waals surface area contributed by atoms with Crippen LogP contribution in [0.5, 0.6) is 0 Å². The van der Waals surface area contributed by atoms with E-state index in [0.717, 1.165) is 36.0 Å². The third-order valence-electron chi connectivity index (χ3n) is 4.90. The summed E-state index contributed by atoms with van der Waals surface area (Å²) in [5.74, 6) is 0. The molecule has 2 aromatic carbocycles. The molecule has 0 unspecified atom stereocenters. The first-order valence-corrected chi connectivity index (χ1v) is 10.6. The number of likely N-dealkylation sites (N-methyl/N-ethyl adjacent to an activating group) is 1. The molecule has 0 aliphatic rings. The Balaban J connectivity index is 2.04. The van der Waals surface area contributed by atoms with Crippen molar-refractivity contribution in [1.82, 2.24) is 9.88 Å². The number of aromatic amines is 1. The molecule has 1 N–H and O–H groups in total. The Kier molecular flexibility index (Phi) is 5.49. The lowest BCUT2D eigenvalue weighted by atomic mass is 10.1. The van der Waals surface area contributed by atoms with Crippen molar-refractivity contribution in [3.8, 4) is 0 Å². The Morgan fingerprint density at radius 2 is 1.77 bits per heavy atom. The van der Waals surface area contributed by atoms with Gasteiger partial charge in [0.2, 0.25) is 9.84 Å². The number of H-pyrrole nitrogens is 1. The van der Waals surface area contributed by atoms with Gasteiger partial charge in [0, 0.05) is 29.7 Å². The molecule has 0 amide bonds. The molecule has 1 aromatic heterocycles. The van der Waals surface area contributed by atoms with Gasteiger partial charge in [0.05, 0.1) is 9.79 Å². The summed E-state index contributed by atoms with van der Waals surface area (Å²) in [6.07, 6.45) is 2.44. The van der Waals surface area contributed by atoms with Crippen LogP contribution in [-0.4, -0.2) is 37.4 Å². The Bertz CT molecular complexity index is 976. The van der Waals surface area contributed by atoms with Gasteiger partial charge in [-0.15, -0.1) is 0 Å². The molecule has 0 saturated carbocycles. The van der Waals surface area contributed by atoms with Crippen LogP contribution >= 0.6 is 0 Å².